The Labute approximate surface area is 202 Å². The van der Waals surface area contributed by atoms with E-state index in [4.69, 9.17) is 9.47 Å². The Morgan fingerprint density at radius 1 is 0.886 bits per heavy atom. The summed E-state index contributed by atoms with van der Waals surface area (Å²) in [7, 11) is 0. The van der Waals surface area contributed by atoms with E-state index in [1.54, 1.807) is 19.1 Å². The molecular weight excluding hydrogens is 452 g/mol. The van der Waals surface area contributed by atoms with Crippen LogP contribution >= 0.6 is 0 Å². The fourth-order valence-corrected chi connectivity index (χ4v) is 4.50. The molecule has 1 saturated heterocycles. The van der Waals surface area contributed by atoms with Gasteiger partial charge in [-0.3, -0.25) is 19.3 Å². The highest BCUT2D eigenvalue weighted by Crippen LogP contribution is 2.40. The molecule has 2 aromatic rings. The van der Waals surface area contributed by atoms with Gasteiger partial charge < -0.3 is 14.8 Å². The maximum Gasteiger partial charge on any atom is 0.338 e. The Kier molecular flexibility index (Phi) is 7.24. The fraction of sp³-hybridized carbons (Fsp3) is 0.346. The van der Waals surface area contributed by atoms with Crippen LogP contribution in [0.15, 0.2) is 48.5 Å². The molecule has 2 aliphatic rings. The number of nitrogens with one attached hydrogen (secondary N) is 1. The number of rotatable bonds is 7. The molecule has 0 radical (unpaired) electrons. The molecule has 2 fully saturated rings. The second-order valence-electron chi connectivity index (χ2n) is 8.48. The predicted molar refractivity (Wildman–Crippen MR) is 126 cm³/mol. The minimum Gasteiger partial charge on any atom is -0.462 e. The van der Waals surface area contributed by atoms with Gasteiger partial charge in [-0.15, -0.1) is 0 Å². The molecule has 1 aliphatic carbocycles. The lowest BCUT2D eigenvalue weighted by molar-refractivity contribution is -0.122. The third-order valence-corrected chi connectivity index (χ3v) is 6.20. The molecular formula is C26H26N2O7. The van der Waals surface area contributed by atoms with E-state index in [1.807, 2.05) is 0 Å². The van der Waals surface area contributed by atoms with Crippen LogP contribution in [0, 0.1) is 11.8 Å². The summed E-state index contributed by atoms with van der Waals surface area (Å²) in [6.07, 6.45) is 3.26. The molecule has 2 atom stereocenters. The largest absolute Gasteiger partial charge is 0.462 e. The van der Waals surface area contributed by atoms with E-state index >= 15 is 0 Å². The SMILES string of the molecule is CCOC(=O)c1ccc(NC(=O)COC(=O)c2cccc(N3C(=O)[C@@H]4CCCC[C@H]4C3=O)c2)cc1. The summed E-state index contributed by atoms with van der Waals surface area (Å²) in [6.45, 7) is 1.44. The van der Waals surface area contributed by atoms with Gasteiger partial charge in [0.15, 0.2) is 6.61 Å². The molecule has 9 nitrogen and oxygen atoms in total. The summed E-state index contributed by atoms with van der Waals surface area (Å²) in [5.74, 6) is -2.80. The Bertz CT molecular complexity index is 1130. The van der Waals surface area contributed by atoms with Crippen molar-refractivity contribution in [1.82, 2.24) is 0 Å². The Hall–Kier alpha value is -4.01. The van der Waals surface area contributed by atoms with Crippen LogP contribution in [0.2, 0.25) is 0 Å². The lowest BCUT2D eigenvalue weighted by Crippen LogP contribution is -2.31. The third kappa shape index (κ3) is 5.24. The molecule has 182 valence electrons. The highest BCUT2D eigenvalue weighted by molar-refractivity contribution is 6.22. The van der Waals surface area contributed by atoms with Crippen LogP contribution < -0.4 is 10.2 Å². The number of carbonyl (C=O) groups excluding carboxylic acids is 5. The molecule has 1 saturated carbocycles. The monoisotopic (exact) mass is 478 g/mol. The quantitative estimate of drug-likeness (QED) is 0.479. The van der Waals surface area contributed by atoms with Gasteiger partial charge >= 0.3 is 11.9 Å². The minimum atomic E-state index is -0.754. The lowest BCUT2D eigenvalue weighted by atomic mass is 9.81. The summed E-state index contributed by atoms with van der Waals surface area (Å²) in [6, 6.07) is 12.2. The van der Waals surface area contributed by atoms with Crippen LogP contribution in [-0.2, 0) is 23.9 Å². The summed E-state index contributed by atoms with van der Waals surface area (Å²) in [4.78, 5) is 63.2. The maximum absolute atomic E-state index is 12.8. The van der Waals surface area contributed by atoms with Crippen molar-refractivity contribution in [2.45, 2.75) is 32.6 Å². The Balaban J connectivity index is 1.35. The molecule has 35 heavy (non-hydrogen) atoms. The Morgan fingerprint density at radius 3 is 2.14 bits per heavy atom. The summed E-state index contributed by atoms with van der Waals surface area (Å²) < 4.78 is 10.0. The highest BCUT2D eigenvalue weighted by atomic mass is 16.5. The summed E-state index contributed by atoms with van der Waals surface area (Å²) in [5.41, 5.74) is 1.23. The standard InChI is InChI=1S/C26H26N2O7/c1-2-34-25(32)16-10-12-18(13-11-16)27-22(29)15-35-26(33)17-6-5-7-19(14-17)28-23(30)20-8-3-4-9-21(20)24(28)31/h5-7,10-14,20-21H,2-4,8-9,15H2,1H3,(H,27,29)/t20-,21-/m1/s1. The molecule has 3 amide bonds. The van der Waals surface area contributed by atoms with Crippen molar-refractivity contribution in [3.05, 3.63) is 59.7 Å². The molecule has 1 N–H and O–H groups in total. The van der Waals surface area contributed by atoms with E-state index in [0.717, 1.165) is 12.8 Å². The normalized spacial score (nSPS) is 19.2. The second-order valence-corrected chi connectivity index (χ2v) is 8.48. The molecule has 9 heteroatoms. The molecule has 1 aliphatic heterocycles. The number of amides is 3. The first-order valence-corrected chi connectivity index (χ1v) is 11.6. The molecule has 0 spiro atoms. The van der Waals surface area contributed by atoms with Crippen molar-refractivity contribution in [3.8, 4) is 0 Å². The molecule has 0 unspecified atom stereocenters. The fourth-order valence-electron chi connectivity index (χ4n) is 4.50. The van der Waals surface area contributed by atoms with E-state index < -0.39 is 24.5 Å². The zero-order valence-corrected chi connectivity index (χ0v) is 19.3. The van der Waals surface area contributed by atoms with Crippen molar-refractivity contribution in [1.29, 1.82) is 0 Å². The van der Waals surface area contributed by atoms with Crippen LogP contribution in [0.25, 0.3) is 0 Å². The van der Waals surface area contributed by atoms with E-state index in [-0.39, 0.29) is 35.8 Å². The van der Waals surface area contributed by atoms with Crippen molar-refractivity contribution in [2.24, 2.45) is 11.8 Å². The van der Waals surface area contributed by atoms with Gasteiger partial charge in [0, 0.05) is 5.69 Å². The van der Waals surface area contributed by atoms with Gasteiger partial charge in [-0.2, -0.15) is 0 Å². The maximum atomic E-state index is 12.8. The van der Waals surface area contributed by atoms with Gasteiger partial charge in [0.1, 0.15) is 0 Å². The van der Waals surface area contributed by atoms with Crippen molar-refractivity contribution >= 4 is 41.0 Å². The van der Waals surface area contributed by atoms with Gasteiger partial charge in [-0.05, 0) is 62.2 Å². The summed E-state index contributed by atoms with van der Waals surface area (Å²) in [5, 5.41) is 2.58. The number of ether oxygens (including phenoxy) is 2. The zero-order chi connectivity index (χ0) is 24.9. The first kappa shape index (κ1) is 24.1. The predicted octanol–water partition coefficient (Wildman–Crippen LogP) is 3.34. The number of hydrogen-bond donors (Lipinski definition) is 1. The van der Waals surface area contributed by atoms with Crippen LogP contribution in [0.5, 0.6) is 0 Å². The molecule has 2 aromatic carbocycles. The average molecular weight is 479 g/mol. The molecule has 1 heterocycles. The first-order valence-electron chi connectivity index (χ1n) is 11.6. The smallest absolute Gasteiger partial charge is 0.338 e. The number of nitrogens with zero attached hydrogens (tertiary/aromatic N) is 1. The van der Waals surface area contributed by atoms with Gasteiger partial charge in [0.25, 0.3) is 5.91 Å². The van der Waals surface area contributed by atoms with Gasteiger partial charge in [0.05, 0.1) is 35.3 Å². The molecule has 0 aromatic heterocycles. The van der Waals surface area contributed by atoms with Crippen LogP contribution in [-0.4, -0.2) is 42.9 Å². The van der Waals surface area contributed by atoms with Gasteiger partial charge in [0.2, 0.25) is 11.8 Å². The van der Waals surface area contributed by atoms with E-state index in [1.165, 1.54) is 41.3 Å². The van der Waals surface area contributed by atoms with Crippen molar-refractivity contribution in [2.75, 3.05) is 23.4 Å². The number of fused-ring (bicyclic) bond motifs is 1. The lowest BCUT2D eigenvalue weighted by Gasteiger charge is -2.19. The zero-order valence-electron chi connectivity index (χ0n) is 19.3. The van der Waals surface area contributed by atoms with Crippen molar-refractivity contribution < 1.29 is 33.4 Å². The first-order chi connectivity index (χ1) is 16.9. The Morgan fingerprint density at radius 2 is 1.51 bits per heavy atom. The molecule has 4 rings (SSSR count). The number of anilines is 2. The summed E-state index contributed by atoms with van der Waals surface area (Å²) >= 11 is 0. The van der Waals surface area contributed by atoms with E-state index in [0.29, 0.717) is 29.8 Å². The number of benzene rings is 2. The number of imide groups is 1. The topological polar surface area (TPSA) is 119 Å². The van der Waals surface area contributed by atoms with Gasteiger partial charge in [-0.1, -0.05) is 18.9 Å². The van der Waals surface area contributed by atoms with Crippen LogP contribution in [0.4, 0.5) is 11.4 Å². The van der Waals surface area contributed by atoms with Crippen molar-refractivity contribution in [3.63, 3.8) is 0 Å². The van der Waals surface area contributed by atoms with E-state index in [2.05, 4.69) is 5.32 Å². The van der Waals surface area contributed by atoms with E-state index in [9.17, 15) is 24.0 Å². The third-order valence-electron chi connectivity index (χ3n) is 6.20. The van der Waals surface area contributed by atoms with Crippen LogP contribution in [0.3, 0.4) is 0 Å². The second kappa shape index (κ2) is 10.5. The van der Waals surface area contributed by atoms with Crippen LogP contribution in [0.1, 0.15) is 53.3 Å². The minimum absolute atomic E-state index is 0.129. The number of esters is 2. The van der Waals surface area contributed by atoms with Gasteiger partial charge in [-0.25, -0.2) is 9.59 Å². The average Bonchev–Trinajstić information content (AvgIpc) is 3.13. The molecule has 0 bridgehead atoms. The number of carbonyl (C=O) groups is 5. The number of hydrogen-bond acceptors (Lipinski definition) is 7. The highest BCUT2D eigenvalue weighted by Gasteiger charge is 2.48.